The number of benzene rings is 1. The van der Waals surface area contributed by atoms with Crippen LogP contribution in [0.15, 0.2) is 47.1 Å². The molecular weight excluding hydrogens is 308 g/mol. The maximum atomic E-state index is 12.3. The Balaban J connectivity index is 1.29. The number of nitrogens with zero attached hydrogens (tertiary/aromatic N) is 2. The zero-order valence-corrected chi connectivity index (χ0v) is 13.4. The van der Waals surface area contributed by atoms with E-state index in [4.69, 9.17) is 13.9 Å². The van der Waals surface area contributed by atoms with Crippen molar-refractivity contribution in [1.82, 2.24) is 9.80 Å². The van der Waals surface area contributed by atoms with Gasteiger partial charge in [-0.25, -0.2) is 0 Å². The summed E-state index contributed by atoms with van der Waals surface area (Å²) in [6, 6.07) is 11.2. The number of hydrogen-bond acceptors (Lipinski definition) is 5. The topological polar surface area (TPSA) is 55.2 Å². The molecule has 6 nitrogen and oxygen atoms in total. The highest BCUT2D eigenvalue weighted by molar-refractivity contribution is 5.91. The first-order chi connectivity index (χ1) is 11.8. The number of rotatable bonds is 3. The number of carbonyl (C=O) groups is 1. The molecule has 2 aliphatic heterocycles. The van der Waals surface area contributed by atoms with Gasteiger partial charge >= 0.3 is 0 Å². The summed E-state index contributed by atoms with van der Waals surface area (Å²) in [4.78, 5) is 16.4. The Kier molecular flexibility index (Phi) is 4.13. The highest BCUT2D eigenvalue weighted by Crippen LogP contribution is 2.31. The molecule has 2 aliphatic rings. The summed E-state index contributed by atoms with van der Waals surface area (Å²) < 4.78 is 17.0. The number of furan rings is 1. The van der Waals surface area contributed by atoms with Crippen molar-refractivity contribution in [2.45, 2.75) is 6.10 Å². The Bertz CT molecular complexity index is 693. The van der Waals surface area contributed by atoms with Crippen LogP contribution in [0, 0.1) is 0 Å². The Morgan fingerprint density at radius 3 is 2.58 bits per heavy atom. The average molecular weight is 328 g/mol. The quantitative estimate of drug-likeness (QED) is 0.861. The maximum absolute atomic E-state index is 12.3. The summed E-state index contributed by atoms with van der Waals surface area (Å²) in [5, 5.41) is 0. The first kappa shape index (κ1) is 15.1. The fourth-order valence-electron chi connectivity index (χ4n) is 3.13. The van der Waals surface area contributed by atoms with Crippen molar-refractivity contribution in [2.75, 3.05) is 39.3 Å². The third kappa shape index (κ3) is 3.10. The van der Waals surface area contributed by atoms with Crippen LogP contribution in [0.4, 0.5) is 0 Å². The second-order valence-electron chi connectivity index (χ2n) is 6.07. The van der Waals surface area contributed by atoms with Crippen LogP contribution in [0.1, 0.15) is 10.6 Å². The van der Waals surface area contributed by atoms with Gasteiger partial charge in [-0.1, -0.05) is 12.1 Å². The van der Waals surface area contributed by atoms with Gasteiger partial charge in [-0.05, 0) is 24.3 Å². The van der Waals surface area contributed by atoms with E-state index in [-0.39, 0.29) is 12.0 Å². The summed E-state index contributed by atoms with van der Waals surface area (Å²) in [6.45, 7) is 4.41. The lowest BCUT2D eigenvalue weighted by atomic mass is 10.2. The summed E-state index contributed by atoms with van der Waals surface area (Å²) in [7, 11) is 0. The van der Waals surface area contributed by atoms with E-state index >= 15 is 0 Å². The van der Waals surface area contributed by atoms with Gasteiger partial charge in [-0.2, -0.15) is 0 Å². The molecule has 4 rings (SSSR count). The number of piperazine rings is 1. The predicted molar refractivity (Wildman–Crippen MR) is 87.4 cm³/mol. The summed E-state index contributed by atoms with van der Waals surface area (Å²) in [5.41, 5.74) is 0. The van der Waals surface area contributed by atoms with Gasteiger partial charge in [-0.15, -0.1) is 0 Å². The predicted octanol–water partition coefficient (Wildman–Crippen LogP) is 1.88. The van der Waals surface area contributed by atoms with Crippen LogP contribution in [0.5, 0.6) is 11.5 Å². The molecule has 1 aromatic carbocycles. The van der Waals surface area contributed by atoms with Gasteiger partial charge in [0.05, 0.1) is 6.26 Å². The molecule has 0 bridgehead atoms. The third-order valence-corrected chi connectivity index (χ3v) is 4.42. The largest absolute Gasteiger partial charge is 0.486 e. The Labute approximate surface area is 140 Å². The van der Waals surface area contributed by atoms with Crippen molar-refractivity contribution in [1.29, 1.82) is 0 Å². The first-order valence-corrected chi connectivity index (χ1v) is 8.23. The van der Waals surface area contributed by atoms with Crippen LogP contribution >= 0.6 is 0 Å². The fraction of sp³-hybridized carbons (Fsp3) is 0.389. The van der Waals surface area contributed by atoms with E-state index in [1.54, 1.807) is 12.1 Å². The molecule has 0 spiro atoms. The van der Waals surface area contributed by atoms with Crippen molar-refractivity contribution in [2.24, 2.45) is 0 Å². The molecule has 1 unspecified atom stereocenters. The Morgan fingerprint density at radius 2 is 1.83 bits per heavy atom. The molecule has 0 aliphatic carbocycles. The van der Waals surface area contributed by atoms with E-state index in [0.29, 0.717) is 25.5 Å². The molecule has 1 saturated heterocycles. The second kappa shape index (κ2) is 6.57. The minimum atomic E-state index is -0.0363. The van der Waals surface area contributed by atoms with Gasteiger partial charge < -0.3 is 18.8 Å². The molecule has 1 atom stereocenters. The monoisotopic (exact) mass is 328 g/mol. The highest BCUT2D eigenvalue weighted by Gasteiger charge is 2.27. The molecule has 6 heteroatoms. The Morgan fingerprint density at radius 1 is 1.04 bits per heavy atom. The summed E-state index contributed by atoms with van der Waals surface area (Å²) in [6.07, 6.45) is 1.55. The molecule has 126 valence electrons. The first-order valence-electron chi connectivity index (χ1n) is 8.23. The molecule has 0 saturated carbocycles. The lowest BCUT2D eigenvalue weighted by molar-refractivity contribution is 0.0354. The van der Waals surface area contributed by atoms with Crippen molar-refractivity contribution in [3.8, 4) is 11.5 Å². The molecule has 1 amide bonds. The number of carbonyl (C=O) groups excluding carboxylic acids is 1. The van der Waals surface area contributed by atoms with E-state index in [2.05, 4.69) is 4.90 Å². The van der Waals surface area contributed by atoms with Gasteiger partial charge in [0.15, 0.2) is 17.3 Å². The number of fused-ring (bicyclic) bond motifs is 1. The minimum absolute atomic E-state index is 0.0206. The standard InChI is InChI=1S/C18H20N2O4/c21-18(17-6-3-11-22-17)20-9-7-19(8-10-20)12-14-13-23-15-4-1-2-5-16(15)24-14/h1-6,11,14H,7-10,12-13H2. The van der Waals surface area contributed by atoms with Gasteiger partial charge in [0.25, 0.3) is 5.91 Å². The minimum Gasteiger partial charge on any atom is -0.486 e. The van der Waals surface area contributed by atoms with Crippen molar-refractivity contribution < 1.29 is 18.7 Å². The number of hydrogen-bond donors (Lipinski definition) is 0. The van der Waals surface area contributed by atoms with E-state index in [0.717, 1.165) is 31.1 Å². The van der Waals surface area contributed by atoms with E-state index < -0.39 is 0 Å². The van der Waals surface area contributed by atoms with E-state index in [9.17, 15) is 4.79 Å². The normalized spacial score (nSPS) is 20.8. The van der Waals surface area contributed by atoms with Crippen LogP contribution in [-0.4, -0.2) is 61.1 Å². The van der Waals surface area contributed by atoms with Gasteiger partial charge in [0, 0.05) is 32.7 Å². The second-order valence-corrected chi connectivity index (χ2v) is 6.07. The SMILES string of the molecule is O=C(c1ccco1)N1CCN(CC2COc3ccccc3O2)CC1. The fourth-order valence-corrected chi connectivity index (χ4v) is 3.13. The van der Waals surface area contributed by atoms with Gasteiger partial charge in [0.2, 0.25) is 0 Å². The van der Waals surface area contributed by atoms with Crippen molar-refractivity contribution in [3.63, 3.8) is 0 Å². The molecule has 0 N–H and O–H groups in total. The molecule has 3 heterocycles. The molecule has 1 fully saturated rings. The summed E-state index contributed by atoms with van der Waals surface area (Å²) >= 11 is 0. The molecular formula is C18H20N2O4. The zero-order valence-electron chi connectivity index (χ0n) is 13.4. The zero-order chi connectivity index (χ0) is 16.4. The number of amides is 1. The van der Waals surface area contributed by atoms with E-state index in [1.807, 2.05) is 29.2 Å². The third-order valence-electron chi connectivity index (χ3n) is 4.42. The lowest BCUT2D eigenvalue weighted by Crippen LogP contribution is -2.52. The molecule has 1 aromatic heterocycles. The van der Waals surface area contributed by atoms with Crippen LogP contribution in [0.25, 0.3) is 0 Å². The van der Waals surface area contributed by atoms with Crippen LogP contribution < -0.4 is 9.47 Å². The van der Waals surface area contributed by atoms with Crippen molar-refractivity contribution in [3.05, 3.63) is 48.4 Å². The summed E-state index contributed by atoms with van der Waals surface area (Å²) in [5.74, 6) is 1.98. The number of para-hydroxylation sites is 2. The smallest absolute Gasteiger partial charge is 0.289 e. The van der Waals surface area contributed by atoms with Gasteiger partial charge in [0.1, 0.15) is 12.7 Å². The average Bonchev–Trinajstić information content (AvgIpc) is 3.16. The Hall–Kier alpha value is -2.47. The maximum Gasteiger partial charge on any atom is 0.289 e. The lowest BCUT2D eigenvalue weighted by Gasteiger charge is -2.37. The molecule has 2 aromatic rings. The van der Waals surface area contributed by atoms with Crippen LogP contribution in [-0.2, 0) is 0 Å². The van der Waals surface area contributed by atoms with E-state index in [1.165, 1.54) is 6.26 Å². The van der Waals surface area contributed by atoms with Gasteiger partial charge in [-0.3, -0.25) is 9.69 Å². The van der Waals surface area contributed by atoms with Crippen LogP contribution in [0.3, 0.4) is 0 Å². The molecule has 24 heavy (non-hydrogen) atoms. The van der Waals surface area contributed by atoms with Crippen molar-refractivity contribution >= 4 is 5.91 Å². The highest BCUT2D eigenvalue weighted by atomic mass is 16.6. The van der Waals surface area contributed by atoms with Crippen LogP contribution in [0.2, 0.25) is 0 Å². The number of ether oxygens (including phenoxy) is 2. The molecule has 0 radical (unpaired) electrons.